The highest BCUT2D eigenvalue weighted by atomic mass is 35.5. The van der Waals surface area contributed by atoms with E-state index in [2.05, 4.69) is 22.3 Å². The molecule has 1 aliphatic carbocycles. The van der Waals surface area contributed by atoms with E-state index >= 15 is 0 Å². The molecule has 4 nitrogen and oxygen atoms in total. The number of hydrogen-bond acceptors (Lipinski definition) is 4. The molecule has 1 aromatic carbocycles. The van der Waals surface area contributed by atoms with Crippen molar-refractivity contribution in [3.63, 3.8) is 0 Å². The first kappa shape index (κ1) is 21.4. The highest BCUT2D eigenvalue weighted by Gasteiger charge is 2.32. The van der Waals surface area contributed by atoms with Crippen LogP contribution in [0.5, 0.6) is 11.5 Å². The Balaban J connectivity index is 0.00000144. The number of rotatable bonds is 5. The number of nitrogens with one attached hydrogen (secondary N) is 1. The fourth-order valence-electron chi connectivity index (χ4n) is 4.01. The maximum Gasteiger partial charge on any atom is 0.122 e. The number of ether oxygens (including phenoxy) is 2. The van der Waals surface area contributed by atoms with Crippen molar-refractivity contribution < 1.29 is 9.47 Å². The third-order valence-electron chi connectivity index (χ3n) is 5.11. The second-order valence-corrected chi connectivity index (χ2v) is 6.42. The van der Waals surface area contributed by atoms with Crippen LogP contribution in [-0.2, 0) is 0 Å². The van der Waals surface area contributed by atoms with Gasteiger partial charge in [-0.3, -0.25) is 4.90 Å². The lowest BCUT2D eigenvalue weighted by atomic mass is 9.89. The molecule has 0 unspecified atom stereocenters. The van der Waals surface area contributed by atoms with Crippen LogP contribution in [0.1, 0.15) is 37.3 Å². The van der Waals surface area contributed by atoms with E-state index in [1.165, 1.54) is 31.2 Å². The molecule has 0 aromatic heterocycles. The predicted molar refractivity (Wildman–Crippen MR) is 103 cm³/mol. The molecule has 0 amide bonds. The van der Waals surface area contributed by atoms with E-state index in [1.54, 1.807) is 14.2 Å². The molecule has 1 atom stereocenters. The standard InChI is InChI=1S/C18H28N2O2.2ClH/c1-21-16-11-15(12-17(13-16)22-2)18(14-5-3-4-6-14)20-9-7-19-8-10-20;;/h11-14,18-19H,3-10H2,1-2H3;2*1H/t18-;;/m0../s1. The second-order valence-electron chi connectivity index (χ2n) is 6.42. The third kappa shape index (κ3) is 4.92. The summed E-state index contributed by atoms with van der Waals surface area (Å²) in [6, 6.07) is 6.86. The average molecular weight is 377 g/mol. The minimum atomic E-state index is 0. The summed E-state index contributed by atoms with van der Waals surface area (Å²) in [4.78, 5) is 2.65. The van der Waals surface area contributed by atoms with Gasteiger partial charge in [-0.1, -0.05) is 12.8 Å². The normalized spacial score (nSPS) is 19.9. The molecule has 138 valence electrons. The van der Waals surface area contributed by atoms with Gasteiger partial charge < -0.3 is 14.8 Å². The van der Waals surface area contributed by atoms with Gasteiger partial charge in [0, 0.05) is 38.3 Å². The molecule has 1 aromatic rings. The van der Waals surface area contributed by atoms with Crippen LogP contribution in [-0.4, -0.2) is 45.3 Å². The first-order valence-electron chi connectivity index (χ1n) is 8.49. The summed E-state index contributed by atoms with van der Waals surface area (Å²) in [6.45, 7) is 4.43. The Labute approximate surface area is 158 Å². The summed E-state index contributed by atoms with van der Waals surface area (Å²) in [5.74, 6) is 2.55. The molecular formula is C18H30Cl2N2O2. The minimum Gasteiger partial charge on any atom is -0.497 e. The number of methoxy groups -OCH3 is 2. The molecule has 24 heavy (non-hydrogen) atoms. The Bertz CT molecular complexity index is 468. The number of benzene rings is 1. The number of nitrogens with zero attached hydrogens (tertiary/aromatic N) is 1. The Morgan fingerprint density at radius 1 is 0.958 bits per heavy atom. The summed E-state index contributed by atoms with van der Waals surface area (Å²) >= 11 is 0. The van der Waals surface area contributed by atoms with Crippen LogP contribution in [0.3, 0.4) is 0 Å². The maximum absolute atomic E-state index is 5.49. The summed E-state index contributed by atoms with van der Waals surface area (Å²) in [7, 11) is 3.46. The number of halogens is 2. The van der Waals surface area contributed by atoms with Crippen molar-refractivity contribution in [2.75, 3.05) is 40.4 Å². The van der Waals surface area contributed by atoms with Crippen LogP contribution in [0.15, 0.2) is 18.2 Å². The van der Waals surface area contributed by atoms with Crippen molar-refractivity contribution in [3.05, 3.63) is 23.8 Å². The van der Waals surface area contributed by atoms with Crippen molar-refractivity contribution in [1.29, 1.82) is 0 Å². The Hall–Kier alpha value is -0.680. The zero-order chi connectivity index (χ0) is 15.4. The average Bonchev–Trinajstić information content (AvgIpc) is 3.10. The second kappa shape index (κ2) is 10.3. The Morgan fingerprint density at radius 3 is 2.00 bits per heavy atom. The summed E-state index contributed by atoms with van der Waals surface area (Å²) in [5, 5.41) is 3.47. The van der Waals surface area contributed by atoms with E-state index in [-0.39, 0.29) is 24.8 Å². The van der Waals surface area contributed by atoms with Gasteiger partial charge in [-0.25, -0.2) is 0 Å². The van der Waals surface area contributed by atoms with Gasteiger partial charge in [-0.2, -0.15) is 0 Å². The molecule has 3 rings (SSSR count). The quantitative estimate of drug-likeness (QED) is 0.849. The fraction of sp³-hybridized carbons (Fsp3) is 0.667. The molecule has 1 aliphatic heterocycles. The van der Waals surface area contributed by atoms with Gasteiger partial charge in [-0.15, -0.1) is 24.8 Å². The van der Waals surface area contributed by atoms with Gasteiger partial charge in [0.15, 0.2) is 0 Å². The molecule has 1 saturated heterocycles. The maximum atomic E-state index is 5.49. The zero-order valence-corrected chi connectivity index (χ0v) is 16.3. The van der Waals surface area contributed by atoms with Crippen LogP contribution in [0.25, 0.3) is 0 Å². The van der Waals surface area contributed by atoms with Crippen LogP contribution >= 0.6 is 24.8 Å². The molecule has 6 heteroatoms. The SMILES string of the molecule is COc1cc(OC)cc([C@H](C2CCCC2)N2CCNCC2)c1.Cl.Cl. The van der Waals surface area contributed by atoms with Crippen LogP contribution in [0, 0.1) is 5.92 Å². The van der Waals surface area contributed by atoms with Crippen LogP contribution < -0.4 is 14.8 Å². The van der Waals surface area contributed by atoms with E-state index in [4.69, 9.17) is 9.47 Å². The number of piperazine rings is 1. The van der Waals surface area contributed by atoms with E-state index in [0.717, 1.165) is 43.6 Å². The van der Waals surface area contributed by atoms with Crippen molar-refractivity contribution in [2.45, 2.75) is 31.7 Å². The lowest BCUT2D eigenvalue weighted by molar-refractivity contribution is 0.125. The monoisotopic (exact) mass is 376 g/mol. The van der Waals surface area contributed by atoms with Crippen LogP contribution in [0.2, 0.25) is 0 Å². The van der Waals surface area contributed by atoms with E-state index in [0.29, 0.717) is 6.04 Å². The number of hydrogen-bond donors (Lipinski definition) is 1. The van der Waals surface area contributed by atoms with Gasteiger partial charge in [0.1, 0.15) is 11.5 Å². The summed E-state index contributed by atoms with van der Waals surface area (Å²) in [5.41, 5.74) is 1.35. The molecule has 0 bridgehead atoms. The smallest absolute Gasteiger partial charge is 0.122 e. The van der Waals surface area contributed by atoms with Gasteiger partial charge in [-0.05, 0) is 36.5 Å². The first-order valence-corrected chi connectivity index (χ1v) is 8.49. The van der Waals surface area contributed by atoms with Gasteiger partial charge >= 0.3 is 0 Å². The fourth-order valence-corrected chi connectivity index (χ4v) is 4.01. The lowest BCUT2D eigenvalue weighted by Crippen LogP contribution is -2.46. The highest BCUT2D eigenvalue weighted by molar-refractivity contribution is 5.85. The molecular weight excluding hydrogens is 347 g/mol. The molecule has 2 aliphatic rings. The Kier molecular flexibility index (Phi) is 9.21. The largest absolute Gasteiger partial charge is 0.497 e. The zero-order valence-electron chi connectivity index (χ0n) is 14.6. The minimum absolute atomic E-state index is 0. The molecule has 1 N–H and O–H groups in total. The van der Waals surface area contributed by atoms with Gasteiger partial charge in [0.2, 0.25) is 0 Å². The van der Waals surface area contributed by atoms with Gasteiger partial charge in [0.05, 0.1) is 14.2 Å². The Morgan fingerprint density at radius 2 is 1.50 bits per heavy atom. The highest BCUT2D eigenvalue weighted by Crippen LogP contribution is 2.41. The molecule has 0 radical (unpaired) electrons. The van der Waals surface area contributed by atoms with E-state index < -0.39 is 0 Å². The van der Waals surface area contributed by atoms with Crippen molar-refractivity contribution in [3.8, 4) is 11.5 Å². The van der Waals surface area contributed by atoms with E-state index in [9.17, 15) is 0 Å². The van der Waals surface area contributed by atoms with Gasteiger partial charge in [0.25, 0.3) is 0 Å². The van der Waals surface area contributed by atoms with Crippen LogP contribution in [0.4, 0.5) is 0 Å². The van der Waals surface area contributed by atoms with E-state index in [1.807, 2.05) is 6.07 Å². The predicted octanol–water partition coefficient (Wildman–Crippen LogP) is 3.68. The summed E-state index contributed by atoms with van der Waals surface area (Å²) in [6.07, 6.45) is 5.42. The third-order valence-corrected chi connectivity index (χ3v) is 5.11. The topological polar surface area (TPSA) is 33.7 Å². The van der Waals surface area contributed by atoms with Crippen molar-refractivity contribution in [1.82, 2.24) is 10.2 Å². The molecule has 2 fully saturated rings. The molecule has 0 spiro atoms. The van der Waals surface area contributed by atoms with Crippen molar-refractivity contribution in [2.24, 2.45) is 5.92 Å². The molecule has 1 saturated carbocycles. The summed E-state index contributed by atoms with van der Waals surface area (Å²) < 4.78 is 11.0. The lowest BCUT2D eigenvalue weighted by Gasteiger charge is -2.39. The van der Waals surface area contributed by atoms with Crippen molar-refractivity contribution >= 4 is 24.8 Å². The first-order chi connectivity index (χ1) is 10.8. The molecule has 1 heterocycles.